The van der Waals surface area contributed by atoms with Gasteiger partial charge in [-0.25, -0.2) is 0 Å². The number of hydrogen-bond donors (Lipinski definition) is 1. The van der Waals surface area contributed by atoms with E-state index in [0.29, 0.717) is 25.3 Å². The molecular weight excluding hydrogens is 404 g/mol. The van der Waals surface area contributed by atoms with Crippen molar-refractivity contribution in [1.82, 2.24) is 9.80 Å². The number of nitrogens with zero attached hydrogens (tertiary/aromatic N) is 2. The number of aliphatic hydroxyl groups excluding tert-OH is 1. The van der Waals surface area contributed by atoms with E-state index in [9.17, 15) is 14.7 Å². The lowest BCUT2D eigenvalue weighted by atomic mass is 9.92. The molecule has 1 fully saturated rings. The number of aryl methyl sites for hydroxylation is 2. The molecule has 1 aliphatic heterocycles. The fraction of sp³-hybridized carbons (Fsp3) is 0.385. The van der Waals surface area contributed by atoms with E-state index in [1.165, 1.54) is 0 Å². The standard InChI is InChI=1S/C26H32N2O4/c1-6-15-32-21-12-11-19(16-18(21)3)24(29)22-23(20-10-8-7-9-17(20)2)28(14-13-27(4)5)26(31)25(22)30/h7-12,16,23,29H,6,13-15H2,1-5H3/b24-22+. The minimum atomic E-state index is -0.654. The van der Waals surface area contributed by atoms with E-state index in [0.717, 1.165) is 28.9 Å². The molecule has 1 N–H and O–H groups in total. The molecule has 170 valence electrons. The van der Waals surface area contributed by atoms with E-state index < -0.39 is 17.7 Å². The molecule has 0 saturated carbocycles. The molecule has 6 heteroatoms. The minimum absolute atomic E-state index is 0.129. The lowest BCUT2D eigenvalue weighted by Gasteiger charge is -2.27. The maximum Gasteiger partial charge on any atom is 0.295 e. The third-order valence-electron chi connectivity index (χ3n) is 5.72. The zero-order valence-electron chi connectivity index (χ0n) is 19.5. The molecule has 1 heterocycles. The fourth-order valence-corrected chi connectivity index (χ4v) is 3.96. The summed E-state index contributed by atoms with van der Waals surface area (Å²) >= 11 is 0. The molecule has 1 aliphatic rings. The Morgan fingerprint density at radius 3 is 2.44 bits per heavy atom. The molecule has 0 aliphatic carbocycles. The quantitative estimate of drug-likeness (QED) is 0.384. The van der Waals surface area contributed by atoms with Gasteiger partial charge >= 0.3 is 0 Å². The first-order valence-electron chi connectivity index (χ1n) is 11.0. The smallest absolute Gasteiger partial charge is 0.295 e. The van der Waals surface area contributed by atoms with Gasteiger partial charge in [0.25, 0.3) is 11.7 Å². The van der Waals surface area contributed by atoms with Crippen molar-refractivity contribution in [2.75, 3.05) is 33.8 Å². The van der Waals surface area contributed by atoms with Crippen molar-refractivity contribution in [3.63, 3.8) is 0 Å². The van der Waals surface area contributed by atoms with Gasteiger partial charge in [-0.3, -0.25) is 9.59 Å². The van der Waals surface area contributed by atoms with E-state index in [-0.39, 0.29) is 11.3 Å². The molecule has 0 aromatic heterocycles. The Morgan fingerprint density at radius 1 is 1.09 bits per heavy atom. The SMILES string of the molecule is CCCOc1ccc(/C(O)=C2\C(=O)C(=O)N(CCN(C)C)C2c2ccccc2C)cc1C. The fourth-order valence-electron chi connectivity index (χ4n) is 3.96. The summed E-state index contributed by atoms with van der Waals surface area (Å²) in [7, 11) is 3.84. The molecule has 2 aromatic carbocycles. The topological polar surface area (TPSA) is 70.1 Å². The van der Waals surface area contributed by atoms with Gasteiger partial charge in [-0.2, -0.15) is 0 Å². The van der Waals surface area contributed by atoms with Crippen LogP contribution in [-0.4, -0.2) is 60.4 Å². The number of carbonyl (C=O) groups is 2. The molecule has 1 saturated heterocycles. The molecule has 1 unspecified atom stereocenters. The molecule has 2 aromatic rings. The zero-order chi connectivity index (χ0) is 23.4. The molecule has 0 spiro atoms. The normalized spacial score (nSPS) is 17.9. The van der Waals surface area contributed by atoms with Crippen molar-refractivity contribution >= 4 is 17.4 Å². The summed E-state index contributed by atoms with van der Waals surface area (Å²) in [6.45, 7) is 7.49. The van der Waals surface area contributed by atoms with Crippen LogP contribution in [0.2, 0.25) is 0 Å². The van der Waals surface area contributed by atoms with Crippen LogP contribution in [0.3, 0.4) is 0 Å². The van der Waals surface area contributed by atoms with Gasteiger partial charge in [0, 0.05) is 18.7 Å². The number of Topliss-reactive ketones (excluding diaryl/α,β-unsaturated/α-hetero) is 1. The Labute approximate surface area is 190 Å². The van der Waals surface area contributed by atoms with Crippen molar-refractivity contribution in [2.45, 2.75) is 33.2 Å². The largest absolute Gasteiger partial charge is 0.507 e. The molecule has 1 atom stereocenters. The van der Waals surface area contributed by atoms with Crippen molar-refractivity contribution in [2.24, 2.45) is 0 Å². The molecular formula is C26H32N2O4. The van der Waals surface area contributed by atoms with Gasteiger partial charge in [0.2, 0.25) is 0 Å². The van der Waals surface area contributed by atoms with Crippen LogP contribution in [0.5, 0.6) is 5.75 Å². The van der Waals surface area contributed by atoms with Gasteiger partial charge in [-0.05, 0) is 69.3 Å². The lowest BCUT2D eigenvalue weighted by molar-refractivity contribution is -0.140. The summed E-state index contributed by atoms with van der Waals surface area (Å²) in [5.41, 5.74) is 3.28. The van der Waals surface area contributed by atoms with E-state index in [4.69, 9.17) is 4.74 Å². The number of amides is 1. The maximum absolute atomic E-state index is 13.1. The first-order chi connectivity index (χ1) is 15.3. The van der Waals surface area contributed by atoms with Gasteiger partial charge in [0.15, 0.2) is 0 Å². The molecule has 6 nitrogen and oxygen atoms in total. The third kappa shape index (κ3) is 4.70. The predicted octanol–water partition coefficient (Wildman–Crippen LogP) is 4.08. The van der Waals surface area contributed by atoms with Gasteiger partial charge in [0.05, 0.1) is 18.2 Å². The summed E-state index contributed by atoms with van der Waals surface area (Å²) in [6.07, 6.45) is 0.897. The number of likely N-dealkylation sites (N-methyl/N-ethyl adjacent to an activating group) is 1. The first kappa shape index (κ1) is 23.5. The van der Waals surface area contributed by atoms with E-state index >= 15 is 0 Å². The van der Waals surface area contributed by atoms with Crippen LogP contribution in [0.4, 0.5) is 0 Å². The third-order valence-corrected chi connectivity index (χ3v) is 5.72. The highest BCUT2D eigenvalue weighted by Crippen LogP contribution is 2.40. The average molecular weight is 437 g/mol. The van der Waals surface area contributed by atoms with Gasteiger partial charge in [0.1, 0.15) is 11.5 Å². The van der Waals surface area contributed by atoms with Crippen molar-refractivity contribution < 1.29 is 19.4 Å². The second kappa shape index (κ2) is 10.0. The number of benzene rings is 2. The van der Waals surface area contributed by atoms with E-state index in [1.807, 2.05) is 64.0 Å². The van der Waals surface area contributed by atoms with Crippen molar-refractivity contribution in [3.05, 3.63) is 70.3 Å². The van der Waals surface area contributed by atoms with E-state index in [1.54, 1.807) is 23.1 Å². The van der Waals surface area contributed by atoms with Crippen LogP contribution < -0.4 is 4.74 Å². The highest BCUT2D eigenvalue weighted by atomic mass is 16.5. The summed E-state index contributed by atoms with van der Waals surface area (Å²) in [5.74, 6) is -0.654. The monoisotopic (exact) mass is 436 g/mol. The number of ketones is 1. The summed E-state index contributed by atoms with van der Waals surface area (Å²) < 4.78 is 5.73. The molecule has 32 heavy (non-hydrogen) atoms. The maximum atomic E-state index is 13.1. The van der Waals surface area contributed by atoms with Crippen molar-refractivity contribution in [1.29, 1.82) is 0 Å². The highest BCUT2D eigenvalue weighted by molar-refractivity contribution is 6.46. The molecule has 1 amide bonds. The number of hydrogen-bond acceptors (Lipinski definition) is 5. The minimum Gasteiger partial charge on any atom is -0.507 e. The Bertz CT molecular complexity index is 1040. The van der Waals surface area contributed by atoms with Crippen LogP contribution in [0.15, 0.2) is 48.0 Å². The second-order valence-corrected chi connectivity index (χ2v) is 8.48. The Balaban J connectivity index is 2.11. The molecule has 3 rings (SSSR count). The number of aliphatic hydroxyl groups is 1. The number of likely N-dealkylation sites (tertiary alicyclic amines) is 1. The summed E-state index contributed by atoms with van der Waals surface area (Å²) in [4.78, 5) is 29.6. The number of rotatable bonds is 8. The van der Waals surface area contributed by atoms with Gasteiger partial charge in [-0.15, -0.1) is 0 Å². The average Bonchev–Trinajstić information content (AvgIpc) is 3.01. The summed E-state index contributed by atoms with van der Waals surface area (Å²) in [6, 6.07) is 12.4. The number of ether oxygens (including phenoxy) is 1. The summed E-state index contributed by atoms with van der Waals surface area (Å²) in [5, 5.41) is 11.2. The second-order valence-electron chi connectivity index (χ2n) is 8.48. The Hall–Kier alpha value is -3.12. The Kier molecular flexibility index (Phi) is 7.36. The zero-order valence-corrected chi connectivity index (χ0v) is 19.5. The molecule has 0 radical (unpaired) electrons. The van der Waals surface area contributed by atoms with Crippen LogP contribution >= 0.6 is 0 Å². The molecule has 0 bridgehead atoms. The number of carbonyl (C=O) groups excluding carboxylic acids is 2. The first-order valence-corrected chi connectivity index (χ1v) is 11.0. The van der Waals surface area contributed by atoms with Crippen LogP contribution in [0, 0.1) is 13.8 Å². The van der Waals surface area contributed by atoms with Crippen LogP contribution in [0.25, 0.3) is 5.76 Å². The lowest BCUT2D eigenvalue weighted by Crippen LogP contribution is -2.35. The van der Waals surface area contributed by atoms with Crippen LogP contribution in [0.1, 0.15) is 41.6 Å². The van der Waals surface area contributed by atoms with E-state index in [2.05, 4.69) is 0 Å². The van der Waals surface area contributed by atoms with Crippen LogP contribution in [-0.2, 0) is 9.59 Å². The predicted molar refractivity (Wildman–Crippen MR) is 126 cm³/mol. The Morgan fingerprint density at radius 2 is 1.81 bits per heavy atom. The highest BCUT2D eigenvalue weighted by Gasteiger charge is 2.46. The van der Waals surface area contributed by atoms with Gasteiger partial charge in [-0.1, -0.05) is 31.2 Å². The van der Waals surface area contributed by atoms with Gasteiger partial charge < -0.3 is 19.6 Å². The van der Waals surface area contributed by atoms with Crippen molar-refractivity contribution in [3.8, 4) is 5.75 Å².